The molecule has 3 rings (SSSR count). The van der Waals surface area contributed by atoms with Gasteiger partial charge in [-0.1, -0.05) is 11.6 Å². The maximum absolute atomic E-state index is 10.7. The molecular weight excluding hydrogens is 312 g/mol. The fraction of sp³-hybridized carbons (Fsp3) is 0.462. The molecule has 1 aliphatic rings. The molecular formula is C13H15ClN4O2S. The van der Waals surface area contributed by atoms with Crippen molar-refractivity contribution in [2.45, 2.75) is 25.4 Å². The van der Waals surface area contributed by atoms with E-state index >= 15 is 0 Å². The number of hydrogen-bond donors (Lipinski definition) is 0. The quantitative estimate of drug-likeness (QED) is 0.638. The SMILES string of the molecule is O=[N+]([O-])c1ccn(C2CCN(Cc3sccc3Cl)CC2)n1. The zero-order chi connectivity index (χ0) is 14.8. The molecule has 112 valence electrons. The van der Waals surface area contributed by atoms with Crippen molar-refractivity contribution in [3.05, 3.63) is 43.7 Å². The Balaban J connectivity index is 1.57. The van der Waals surface area contributed by atoms with E-state index in [2.05, 4.69) is 10.00 Å². The number of aromatic nitrogens is 2. The molecule has 1 fully saturated rings. The summed E-state index contributed by atoms with van der Waals surface area (Å²) in [5, 5.41) is 17.5. The van der Waals surface area contributed by atoms with Crippen LogP contribution in [0.3, 0.4) is 0 Å². The molecule has 2 aromatic heterocycles. The van der Waals surface area contributed by atoms with Gasteiger partial charge in [0.2, 0.25) is 0 Å². The summed E-state index contributed by atoms with van der Waals surface area (Å²) in [5.41, 5.74) is 0. The Morgan fingerprint density at radius 1 is 1.43 bits per heavy atom. The molecule has 0 atom stereocenters. The number of nitrogens with zero attached hydrogens (tertiary/aromatic N) is 4. The van der Waals surface area contributed by atoms with Crippen LogP contribution in [0.25, 0.3) is 0 Å². The van der Waals surface area contributed by atoms with Crippen molar-refractivity contribution in [1.29, 1.82) is 0 Å². The van der Waals surface area contributed by atoms with E-state index < -0.39 is 4.92 Å². The molecule has 8 heteroatoms. The van der Waals surface area contributed by atoms with E-state index in [1.807, 2.05) is 11.4 Å². The van der Waals surface area contributed by atoms with Crippen LogP contribution in [0.2, 0.25) is 5.02 Å². The number of piperidine rings is 1. The van der Waals surface area contributed by atoms with Crippen LogP contribution >= 0.6 is 22.9 Å². The Kier molecular flexibility index (Phi) is 4.23. The molecule has 6 nitrogen and oxygen atoms in total. The van der Waals surface area contributed by atoms with Gasteiger partial charge in [0.25, 0.3) is 0 Å². The van der Waals surface area contributed by atoms with Gasteiger partial charge in [-0.15, -0.1) is 11.3 Å². The summed E-state index contributed by atoms with van der Waals surface area (Å²) < 4.78 is 1.73. The normalized spacial score (nSPS) is 17.2. The zero-order valence-corrected chi connectivity index (χ0v) is 12.9. The molecule has 0 unspecified atom stereocenters. The molecule has 21 heavy (non-hydrogen) atoms. The van der Waals surface area contributed by atoms with Gasteiger partial charge in [0.15, 0.2) is 0 Å². The van der Waals surface area contributed by atoms with Crippen LogP contribution in [-0.2, 0) is 6.54 Å². The van der Waals surface area contributed by atoms with Gasteiger partial charge < -0.3 is 10.1 Å². The van der Waals surface area contributed by atoms with Crippen LogP contribution in [0.5, 0.6) is 0 Å². The highest BCUT2D eigenvalue weighted by Gasteiger charge is 2.25. The molecule has 0 aliphatic carbocycles. The first kappa shape index (κ1) is 14.5. The van der Waals surface area contributed by atoms with Crippen LogP contribution in [0.4, 0.5) is 5.82 Å². The summed E-state index contributed by atoms with van der Waals surface area (Å²) in [7, 11) is 0. The topological polar surface area (TPSA) is 64.2 Å². The number of likely N-dealkylation sites (tertiary alicyclic amines) is 1. The van der Waals surface area contributed by atoms with Crippen molar-refractivity contribution in [3.8, 4) is 0 Å². The number of rotatable bonds is 4. The number of nitro groups is 1. The monoisotopic (exact) mass is 326 g/mol. The molecule has 2 aromatic rings. The second kappa shape index (κ2) is 6.13. The van der Waals surface area contributed by atoms with Crippen molar-refractivity contribution in [2.24, 2.45) is 0 Å². The highest BCUT2D eigenvalue weighted by molar-refractivity contribution is 7.10. The summed E-state index contributed by atoms with van der Waals surface area (Å²) >= 11 is 7.80. The molecule has 0 saturated carbocycles. The highest BCUT2D eigenvalue weighted by atomic mass is 35.5. The minimum Gasteiger partial charge on any atom is -0.358 e. The molecule has 1 saturated heterocycles. The summed E-state index contributed by atoms with van der Waals surface area (Å²) in [6, 6.07) is 3.63. The molecule has 3 heterocycles. The van der Waals surface area contributed by atoms with E-state index in [-0.39, 0.29) is 11.9 Å². The van der Waals surface area contributed by atoms with E-state index in [1.54, 1.807) is 22.2 Å². The van der Waals surface area contributed by atoms with E-state index in [0.29, 0.717) is 0 Å². The summed E-state index contributed by atoms with van der Waals surface area (Å²) in [6.07, 6.45) is 3.60. The Bertz CT molecular complexity index is 634. The lowest BCUT2D eigenvalue weighted by molar-refractivity contribution is -0.389. The average Bonchev–Trinajstić information content (AvgIpc) is 3.10. The van der Waals surface area contributed by atoms with Gasteiger partial charge in [-0.05, 0) is 29.2 Å². The third-order valence-corrected chi connectivity index (χ3v) is 5.14. The van der Waals surface area contributed by atoms with E-state index in [1.165, 1.54) is 10.9 Å². The lowest BCUT2D eigenvalue weighted by Crippen LogP contribution is -2.34. The Hall–Kier alpha value is -1.44. The fourth-order valence-corrected chi connectivity index (χ4v) is 3.75. The molecule has 0 bridgehead atoms. The van der Waals surface area contributed by atoms with Crippen molar-refractivity contribution in [1.82, 2.24) is 14.7 Å². The molecule has 0 spiro atoms. The second-order valence-electron chi connectivity index (χ2n) is 5.11. The van der Waals surface area contributed by atoms with Crippen molar-refractivity contribution in [2.75, 3.05) is 13.1 Å². The Morgan fingerprint density at radius 3 is 2.76 bits per heavy atom. The van der Waals surface area contributed by atoms with Crippen molar-refractivity contribution >= 4 is 28.8 Å². The maximum Gasteiger partial charge on any atom is 0.389 e. The molecule has 0 amide bonds. The lowest BCUT2D eigenvalue weighted by atomic mass is 10.1. The predicted molar refractivity (Wildman–Crippen MR) is 81.8 cm³/mol. The van der Waals surface area contributed by atoms with Crippen LogP contribution in [0.1, 0.15) is 23.8 Å². The minimum atomic E-state index is -0.454. The van der Waals surface area contributed by atoms with E-state index in [0.717, 1.165) is 37.5 Å². The average molecular weight is 327 g/mol. The van der Waals surface area contributed by atoms with Crippen molar-refractivity contribution < 1.29 is 4.92 Å². The van der Waals surface area contributed by atoms with Crippen molar-refractivity contribution in [3.63, 3.8) is 0 Å². The van der Waals surface area contributed by atoms with Gasteiger partial charge in [-0.25, -0.2) is 0 Å². The third kappa shape index (κ3) is 3.25. The van der Waals surface area contributed by atoms with Gasteiger partial charge in [0, 0.05) is 24.5 Å². The van der Waals surface area contributed by atoms with Gasteiger partial charge in [0.1, 0.15) is 0 Å². The van der Waals surface area contributed by atoms with Gasteiger partial charge in [-0.3, -0.25) is 4.90 Å². The number of thiophene rings is 1. The lowest BCUT2D eigenvalue weighted by Gasteiger charge is -2.30. The van der Waals surface area contributed by atoms with Gasteiger partial charge in [-0.2, -0.15) is 4.68 Å². The summed E-state index contributed by atoms with van der Waals surface area (Å²) in [5.74, 6) is -0.0807. The summed E-state index contributed by atoms with van der Waals surface area (Å²) in [6.45, 7) is 2.78. The number of hydrogen-bond acceptors (Lipinski definition) is 5. The first-order valence-corrected chi connectivity index (χ1v) is 8.03. The minimum absolute atomic E-state index is 0.0807. The molecule has 0 N–H and O–H groups in total. The standard InChI is InChI=1S/C13H15ClN4O2S/c14-11-4-8-21-12(11)9-16-5-1-10(2-6-16)17-7-3-13(15-17)18(19)20/h3-4,7-8,10H,1-2,5-6,9H2. The first-order chi connectivity index (χ1) is 10.1. The third-order valence-electron chi connectivity index (χ3n) is 3.77. The molecule has 0 radical (unpaired) electrons. The second-order valence-corrected chi connectivity index (χ2v) is 6.52. The van der Waals surface area contributed by atoms with E-state index in [4.69, 9.17) is 11.6 Å². The van der Waals surface area contributed by atoms with Crippen LogP contribution in [-0.4, -0.2) is 32.7 Å². The van der Waals surface area contributed by atoms with Crippen LogP contribution in [0, 0.1) is 10.1 Å². The largest absolute Gasteiger partial charge is 0.389 e. The number of halogens is 1. The smallest absolute Gasteiger partial charge is 0.358 e. The van der Waals surface area contributed by atoms with Crippen LogP contribution < -0.4 is 0 Å². The van der Waals surface area contributed by atoms with Gasteiger partial charge in [0.05, 0.1) is 28.4 Å². The molecule has 1 aliphatic heterocycles. The fourth-order valence-electron chi connectivity index (χ4n) is 2.61. The summed E-state index contributed by atoms with van der Waals surface area (Å²) in [4.78, 5) is 13.8. The highest BCUT2D eigenvalue weighted by Crippen LogP contribution is 2.28. The first-order valence-electron chi connectivity index (χ1n) is 6.77. The van der Waals surface area contributed by atoms with E-state index in [9.17, 15) is 10.1 Å². The van der Waals surface area contributed by atoms with Crippen LogP contribution in [0.15, 0.2) is 23.7 Å². The zero-order valence-electron chi connectivity index (χ0n) is 11.3. The molecule has 0 aromatic carbocycles. The predicted octanol–water partition coefficient (Wildman–Crippen LogP) is 3.34. The Morgan fingerprint density at radius 2 is 2.19 bits per heavy atom. The maximum atomic E-state index is 10.7. The van der Waals surface area contributed by atoms with Gasteiger partial charge >= 0.3 is 5.82 Å². The Labute approximate surface area is 131 Å².